The molecule has 1 aromatic carbocycles. The number of benzene rings is 1. The first-order chi connectivity index (χ1) is 9.41. The monoisotopic (exact) mass is 354 g/mol. The Labute approximate surface area is 129 Å². The van der Waals surface area contributed by atoms with E-state index in [1.165, 1.54) is 6.07 Å². The summed E-state index contributed by atoms with van der Waals surface area (Å²) in [4.78, 5) is 0.190. The number of rotatable bonds is 3. The van der Waals surface area contributed by atoms with Gasteiger partial charge in [0.05, 0.1) is 16.9 Å². The third-order valence-electron chi connectivity index (χ3n) is 2.91. The van der Waals surface area contributed by atoms with Gasteiger partial charge < -0.3 is 11.1 Å². The first-order valence-electron chi connectivity index (χ1n) is 5.76. The van der Waals surface area contributed by atoms with Crippen molar-refractivity contribution in [1.29, 1.82) is 0 Å². The Morgan fingerprint density at radius 1 is 1.35 bits per heavy atom. The van der Waals surface area contributed by atoms with Crippen LogP contribution < -0.4 is 11.1 Å². The van der Waals surface area contributed by atoms with Crippen LogP contribution in [0.2, 0.25) is 0 Å². The second-order valence-electron chi connectivity index (χ2n) is 4.22. The molecule has 0 spiro atoms. The molecule has 20 heavy (non-hydrogen) atoms. The lowest BCUT2D eigenvalue weighted by Gasteiger charge is -2.14. The van der Waals surface area contributed by atoms with Gasteiger partial charge in [0.25, 0.3) is 0 Å². The molecule has 1 heterocycles. The van der Waals surface area contributed by atoms with E-state index in [1.807, 2.05) is 13.8 Å². The maximum absolute atomic E-state index is 13.8. The summed E-state index contributed by atoms with van der Waals surface area (Å²) < 4.78 is 14.4. The molecule has 2 aromatic rings. The Morgan fingerprint density at radius 3 is 2.65 bits per heavy atom. The molecule has 2 rings (SSSR count). The van der Waals surface area contributed by atoms with Gasteiger partial charge in [-0.25, -0.2) is 4.39 Å². The zero-order valence-electron chi connectivity index (χ0n) is 10.9. The fourth-order valence-corrected chi connectivity index (χ4v) is 2.42. The zero-order chi connectivity index (χ0) is 14.9. The number of nitrogens with one attached hydrogen (secondary N) is 1. The highest BCUT2D eigenvalue weighted by molar-refractivity contribution is 9.10. The number of nitrogens with two attached hydrogens (primary N) is 1. The average Bonchev–Trinajstić information content (AvgIpc) is 2.37. The number of hydrogen-bond acceptors (Lipinski definition) is 4. The minimum Gasteiger partial charge on any atom is -0.389 e. The molecule has 0 aliphatic heterocycles. The van der Waals surface area contributed by atoms with E-state index in [1.54, 1.807) is 12.1 Å². The minimum atomic E-state index is -0.409. The third kappa shape index (κ3) is 2.78. The van der Waals surface area contributed by atoms with Crippen molar-refractivity contribution in [2.45, 2.75) is 13.8 Å². The van der Waals surface area contributed by atoms with Crippen LogP contribution in [0.3, 0.4) is 0 Å². The summed E-state index contributed by atoms with van der Waals surface area (Å²) in [6, 6.07) is 4.67. The summed E-state index contributed by atoms with van der Waals surface area (Å²) in [7, 11) is 0. The molecule has 4 nitrogen and oxygen atoms in total. The Balaban J connectivity index is 2.55. The van der Waals surface area contributed by atoms with E-state index in [-0.39, 0.29) is 10.7 Å². The van der Waals surface area contributed by atoms with Gasteiger partial charge in [0, 0.05) is 4.47 Å². The van der Waals surface area contributed by atoms with Crippen LogP contribution in [0.25, 0.3) is 0 Å². The van der Waals surface area contributed by atoms with Gasteiger partial charge in [-0.2, -0.15) is 5.10 Å². The summed E-state index contributed by atoms with van der Waals surface area (Å²) in [5, 5.41) is 10.9. The topological polar surface area (TPSA) is 63.8 Å². The van der Waals surface area contributed by atoms with Crippen LogP contribution in [0.4, 0.5) is 15.9 Å². The molecular weight excluding hydrogens is 343 g/mol. The number of hydrogen-bond donors (Lipinski definition) is 2. The van der Waals surface area contributed by atoms with Crippen LogP contribution in [0, 0.1) is 19.7 Å². The number of para-hydroxylation sites is 1. The lowest BCUT2D eigenvalue weighted by atomic mass is 10.1. The molecule has 104 valence electrons. The van der Waals surface area contributed by atoms with E-state index in [4.69, 9.17) is 18.0 Å². The maximum Gasteiger partial charge on any atom is 0.163 e. The van der Waals surface area contributed by atoms with Crippen LogP contribution in [0.15, 0.2) is 22.7 Å². The second kappa shape index (κ2) is 5.80. The highest BCUT2D eigenvalue weighted by Gasteiger charge is 2.16. The highest BCUT2D eigenvalue weighted by atomic mass is 79.9. The first kappa shape index (κ1) is 14.8. The van der Waals surface area contributed by atoms with E-state index in [2.05, 4.69) is 31.4 Å². The zero-order valence-corrected chi connectivity index (χ0v) is 13.3. The summed E-state index contributed by atoms with van der Waals surface area (Å²) in [6.07, 6.45) is 0. The lowest BCUT2D eigenvalue weighted by Crippen LogP contribution is -2.17. The van der Waals surface area contributed by atoms with Crippen LogP contribution in [-0.2, 0) is 0 Å². The van der Waals surface area contributed by atoms with Gasteiger partial charge in [0.2, 0.25) is 0 Å². The molecule has 0 atom stereocenters. The normalized spacial score (nSPS) is 10.4. The molecule has 0 unspecified atom stereocenters. The van der Waals surface area contributed by atoms with Gasteiger partial charge in [0.1, 0.15) is 10.8 Å². The van der Waals surface area contributed by atoms with Gasteiger partial charge in [-0.05, 0) is 47.5 Å². The Bertz CT molecular complexity index is 670. The van der Waals surface area contributed by atoms with E-state index >= 15 is 0 Å². The Morgan fingerprint density at radius 2 is 2.05 bits per heavy atom. The van der Waals surface area contributed by atoms with Crippen LogP contribution in [0.1, 0.15) is 16.8 Å². The smallest absolute Gasteiger partial charge is 0.163 e. The van der Waals surface area contributed by atoms with Crippen LogP contribution in [-0.4, -0.2) is 15.2 Å². The molecule has 0 amide bonds. The number of halogens is 2. The van der Waals surface area contributed by atoms with Crippen molar-refractivity contribution in [3.8, 4) is 0 Å². The fourth-order valence-electron chi connectivity index (χ4n) is 1.73. The van der Waals surface area contributed by atoms with Gasteiger partial charge in [-0.3, -0.25) is 0 Å². The van der Waals surface area contributed by atoms with Crippen molar-refractivity contribution in [2.24, 2.45) is 5.73 Å². The van der Waals surface area contributed by atoms with Gasteiger partial charge >= 0.3 is 0 Å². The molecular formula is C13H12BrFN4S. The number of anilines is 2. The molecule has 0 bridgehead atoms. The summed E-state index contributed by atoms with van der Waals surface area (Å²) >= 11 is 8.33. The molecule has 0 saturated heterocycles. The van der Waals surface area contributed by atoms with E-state index in [9.17, 15) is 4.39 Å². The third-order valence-corrected chi connectivity index (χ3v) is 3.77. The molecule has 7 heteroatoms. The largest absolute Gasteiger partial charge is 0.389 e. The van der Waals surface area contributed by atoms with Crippen molar-refractivity contribution in [2.75, 3.05) is 5.32 Å². The fraction of sp³-hybridized carbons (Fsp3) is 0.154. The van der Waals surface area contributed by atoms with E-state index in [0.717, 1.165) is 11.3 Å². The van der Waals surface area contributed by atoms with Crippen molar-refractivity contribution in [3.63, 3.8) is 0 Å². The maximum atomic E-state index is 13.8. The SMILES string of the molecule is Cc1nnc(Nc2c(F)cccc2Br)c(C(N)=S)c1C. The number of aromatic nitrogens is 2. The molecule has 0 aliphatic carbocycles. The number of nitrogens with zero attached hydrogens (tertiary/aromatic N) is 2. The predicted octanol–water partition coefficient (Wildman–Crippen LogP) is 3.37. The molecule has 0 fully saturated rings. The second-order valence-corrected chi connectivity index (χ2v) is 5.51. The van der Waals surface area contributed by atoms with Gasteiger partial charge in [-0.15, -0.1) is 5.10 Å². The van der Waals surface area contributed by atoms with Crippen molar-refractivity contribution in [3.05, 3.63) is 45.3 Å². The Hall–Kier alpha value is -1.60. The molecule has 0 saturated carbocycles. The quantitative estimate of drug-likeness (QED) is 0.827. The van der Waals surface area contributed by atoms with Crippen molar-refractivity contribution >= 4 is 44.6 Å². The molecule has 3 N–H and O–H groups in total. The van der Waals surface area contributed by atoms with E-state index in [0.29, 0.717) is 15.9 Å². The van der Waals surface area contributed by atoms with Crippen LogP contribution >= 0.6 is 28.1 Å². The minimum absolute atomic E-state index is 0.190. The summed E-state index contributed by atoms with van der Waals surface area (Å²) in [5.41, 5.74) is 8.12. The predicted molar refractivity (Wildman–Crippen MR) is 84.8 cm³/mol. The van der Waals surface area contributed by atoms with Crippen LogP contribution in [0.5, 0.6) is 0 Å². The molecule has 0 aliphatic rings. The summed E-state index contributed by atoms with van der Waals surface area (Å²) in [5.74, 6) is -0.0697. The van der Waals surface area contributed by atoms with Crippen molar-refractivity contribution in [1.82, 2.24) is 10.2 Å². The number of aryl methyl sites for hydroxylation is 1. The van der Waals surface area contributed by atoms with E-state index < -0.39 is 5.82 Å². The van der Waals surface area contributed by atoms with Crippen molar-refractivity contribution < 1.29 is 4.39 Å². The number of thiocarbonyl (C=S) groups is 1. The lowest BCUT2D eigenvalue weighted by molar-refractivity contribution is 0.631. The van der Waals surface area contributed by atoms with Gasteiger partial charge in [-0.1, -0.05) is 18.3 Å². The summed E-state index contributed by atoms with van der Waals surface area (Å²) in [6.45, 7) is 3.66. The molecule has 0 radical (unpaired) electrons. The molecule has 1 aromatic heterocycles. The Kier molecular flexibility index (Phi) is 4.29. The highest BCUT2D eigenvalue weighted by Crippen LogP contribution is 2.30. The standard InChI is InChI=1S/C13H12BrFN4S/c1-6-7(2)18-19-13(10(6)12(16)20)17-11-8(14)4-3-5-9(11)15/h3-5H,1-2H3,(H2,16,20)(H,17,19). The van der Waals surface area contributed by atoms with Gasteiger partial charge in [0.15, 0.2) is 5.82 Å². The average molecular weight is 355 g/mol. The first-order valence-corrected chi connectivity index (χ1v) is 6.96.